The third-order valence-corrected chi connectivity index (χ3v) is 4.77. The lowest BCUT2D eigenvalue weighted by atomic mass is 10.0. The van der Waals surface area contributed by atoms with Gasteiger partial charge in [0.25, 0.3) is 5.91 Å². The van der Waals surface area contributed by atoms with Gasteiger partial charge in [0.15, 0.2) is 0 Å². The van der Waals surface area contributed by atoms with Gasteiger partial charge in [0.05, 0.1) is 10.0 Å². The molecule has 0 bridgehead atoms. The Hall–Kier alpha value is -2.64. The molecule has 0 saturated heterocycles. The average molecular weight is 376 g/mol. The topological polar surface area (TPSA) is 95.0 Å². The number of fused-ring (bicyclic) bond motifs is 1. The molecule has 0 spiro atoms. The predicted molar refractivity (Wildman–Crippen MR) is 93.1 cm³/mol. The molecule has 1 aromatic heterocycles. The molecule has 7 nitrogen and oxygen atoms in total. The number of phenolic OH excluding ortho intramolecular Hbond substituents is 1. The normalized spacial score (nSPS) is 13.1. The van der Waals surface area contributed by atoms with E-state index in [1.807, 2.05) is 18.2 Å². The van der Waals surface area contributed by atoms with Crippen LogP contribution in [0.1, 0.15) is 15.9 Å². The molecule has 2 heterocycles. The van der Waals surface area contributed by atoms with Crippen LogP contribution in [0.15, 0.2) is 30.3 Å². The minimum Gasteiger partial charge on any atom is -0.505 e. The van der Waals surface area contributed by atoms with Crippen molar-refractivity contribution in [2.75, 3.05) is 11.4 Å². The first-order valence-corrected chi connectivity index (χ1v) is 8.18. The van der Waals surface area contributed by atoms with E-state index in [4.69, 9.17) is 23.2 Å². The minimum atomic E-state index is -0.408. The molecular weight excluding hydrogens is 365 g/mol. The monoisotopic (exact) mass is 375 g/mol. The Morgan fingerprint density at radius 3 is 2.76 bits per heavy atom. The number of benzene rings is 2. The van der Waals surface area contributed by atoms with Crippen molar-refractivity contribution >= 4 is 34.8 Å². The van der Waals surface area contributed by atoms with Crippen LogP contribution in [0.2, 0.25) is 10.0 Å². The Morgan fingerprint density at radius 2 is 2.00 bits per heavy atom. The molecule has 0 radical (unpaired) electrons. The third kappa shape index (κ3) is 2.52. The standard InChI is InChI=1S/C16H11Cl2N5O2/c17-10-4-5-11(18)14(24)13(10)16(25)23-7-6-8-9(2-1-3-12(8)23)15-19-21-22-20-15/h1-5,24H,6-7H2,(H,19,20,21,22). The van der Waals surface area contributed by atoms with Crippen LogP contribution in [-0.2, 0) is 6.42 Å². The summed E-state index contributed by atoms with van der Waals surface area (Å²) in [6, 6.07) is 8.46. The van der Waals surface area contributed by atoms with Crippen molar-refractivity contribution in [2.24, 2.45) is 0 Å². The van der Waals surface area contributed by atoms with E-state index < -0.39 is 5.91 Å². The van der Waals surface area contributed by atoms with E-state index >= 15 is 0 Å². The zero-order valence-electron chi connectivity index (χ0n) is 12.7. The smallest absolute Gasteiger partial charge is 0.263 e. The van der Waals surface area contributed by atoms with Crippen molar-refractivity contribution in [3.63, 3.8) is 0 Å². The highest BCUT2D eigenvalue weighted by molar-refractivity contribution is 6.38. The summed E-state index contributed by atoms with van der Waals surface area (Å²) in [6.45, 7) is 0.450. The van der Waals surface area contributed by atoms with Gasteiger partial charge in [0.1, 0.15) is 11.3 Å². The van der Waals surface area contributed by atoms with Gasteiger partial charge in [-0.15, -0.1) is 10.2 Å². The number of nitrogens with one attached hydrogen (secondary N) is 1. The highest BCUT2D eigenvalue weighted by Crippen LogP contribution is 2.39. The van der Waals surface area contributed by atoms with Gasteiger partial charge in [-0.3, -0.25) is 4.79 Å². The van der Waals surface area contributed by atoms with Gasteiger partial charge in [0, 0.05) is 17.8 Å². The highest BCUT2D eigenvalue weighted by Gasteiger charge is 2.31. The summed E-state index contributed by atoms with van der Waals surface area (Å²) in [5, 5.41) is 24.4. The molecule has 2 aromatic carbocycles. The van der Waals surface area contributed by atoms with E-state index in [0.29, 0.717) is 18.8 Å². The number of anilines is 1. The van der Waals surface area contributed by atoms with E-state index in [2.05, 4.69) is 20.6 Å². The maximum Gasteiger partial charge on any atom is 0.263 e. The van der Waals surface area contributed by atoms with E-state index in [1.54, 1.807) is 4.90 Å². The average Bonchev–Trinajstić information content (AvgIpc) is 3.27. The maximum atomic E-state index is 13.0. The van der Waals surface area contributed by atoms with Gasteiger partial charge in [-0.05, 0) is 35.4 Å². The number of aromatic nitrogens is 4. The van der Waals surface area contributed by atoms with Gasteiger partial charge < -0.3 is 10.0 Å². The van der Waals surface area contributed by atoms with E-state index in [1.165, 1.54) is 12.1 Å². The second kappa shape index (κ2) is 6.02. The second-order valence-electron chi connectivity index (χ2n) is 5.50. The van der Waals surface area contributed by atoms with Gasteiger partial charge in [-0.25, -0.2) is 0 Å². The van der Waals surface area contributed by atoms with Crippen LogP contribution in [-0.4, -0.2) is 38.2 Å². The molecule has 1 aliphatic rings. The van der Waals surface area contributed by atoms with Gasteiger partial charge in [0.2, 0.25) is 5.82 Å². The van der Waals surface area contributed by atoms with Gasteiger partial charge in [-0.2, -0.15) is 5.21 Å². The molecule has 1 amide bonds. The molecule has 0 saturated carbocycles. The lowest BCUT2D eigenvalue weighted by Crippen LogP contribution is -2.29. The number of carbonyl (C=O) groups is 1. The fourth-order valence-corrected chi connectivity index (χ4v) is 3.40. The number of rotatable bonds is 2. The van der Waals surface area contributed by atoms with Crippen LogP contribution >= 0.6 is 23.2 Å². The van der Waals surface area contributed by atoms with Crippen molar-refractivity contribution in [1.82, 2.24) is 20.6 Å². The van der Waals surface area contributed by atoms with Crippen molar-refractivity contribution < 1.29 is 9.90 Å². The summed E-state index contributed by atoms with van der Waals surface area (Å²) in [5.41, 5.74) is 2.47. The van der Waals surface area contributed by atoms with Crippen molar-refractivity contribution in [3.8, 4) is 17.1 Å². The molecule has 4 rings (SSSR count). The fraction of sp³-hybridized carbons (Fsp3) is 0.125. The summed E-state index contributed by atoms with van der Waals surface area (Å²) in [7, 11) is 0. The molecule has 0 unspecified atom stereocenters. The lowest BCUT2D eigenvalue weighted by molar-refractivity contribution is 0.0987. The summed E-state index contributed by atoms with van der Waals surface area (Å²) in [5.74, 6) is -0.259. The Morgan fingerprint density at radius 1 is 1.20 bits per heavy atom. The lowest BCUT2D eigenvalue weighted by Gasteiger charge is -2.19. The van der Waals surface area contributed by atoms with Gasteiger partial charge >= 0.3 is 0 Å². The maximum absolute atomic E-state index is 13.0. The molecule has 1 aliphatic heterocycles. The first-order chi connectivity index (χ1) is 12.1. The van der Waals surface area contributed by atoms with E-state index in [9.17, 15) is 9.90 Å². The molecule has 126 valence electrons. The van der Waals surface area contributed by atoms with Crippen LogP contribution in [0.3, 0.4) is 0 Å². The van der Waals surface area contributed by atoms with Gasteiger partial charge in [-0.1, -0.05) is 35.3 Å². The van der Waals surface area contributed by atoms with Crippen LogP contribution in [0.25, 0.3) is 11.4 Å². The quantitative estimate of drug-likeness (QED) is 0.717. The summed E-state index contributed by atoms with van der Waals surface area (Å²) in [4.78, 5) is 14.5. The minimum absolute atomic E-state index is 0.00743. The number of hydrogen-bond acceptors (Lipinski definition) is 5. The largest absolute Gasteiger partial charge is 0.505 e. The molecule has 0 aliphatic carbocycles. The number of halogens is 2. The molecular formula is C16H11Cl2N5O2. The molecule has 0 fully saturated rings. The summed E-state index contributed by atoms with van der Waals surface area (Å²) >= 11 is 12.0. The number of H-pyrrole nitrogens is 1. The first kappa shape index (κ1) is 15.9. The number of tetrazole rings is 1. The number of carbonyl (C=O) groups excluding carboxylic acids is 1. The fourth-order valence-electron chi connectivity index (χ4n) is 3.01. The Labute approximate surface area is 152 Å². The number of aromatic hydroxyl groups is 1. The molecule has 0 atom stereocenters. The highest BCUT2D eigenvalue weighted by atomic mass is 35.5. The van der Waals surface area contributed by atoms with Crippen LogP contribution in [0, 0.1) is 0 Å². The summed E-state index contributed by atoms with van der Waals surface area (Å²) < 4.78 is 0. The van der Waals surface area contributed by atoms with Crippen LogP contribution < -0.4 is 4.90 Å². The molecule has 9 heteroatoms. The molecule has 25 heavy (non-hydrogen) atoms. The number of aromatic amines is 1. The predicted octanol–water partition coefficient (Wildman–Crippen LogP) is 3.08. The van der Waals surface area contributed by atoms with E-state index in [-0.39, 0.29) is 21.4 Å². The Kier molecular flexibility index (Phi) is 3.82. The van der Waals surface area contributed by atoms with Crippen LogP contribution in [0.5, 0.6) is 5.75 Å². The Balaban J connectivity index is 1.78. The van der Waals surface area contributed by atoms with Crippen LogP contribution in [0.4, 0.5) is 5.69 Å². The zero-order chi connectivity index (χ0) is 17.6. The van der Waals surface area contributed by atoms with Crippen molar-refractivity contribution in [2.45, 2.75) is 6.42 Å². The van der Waals surface area contributed by atoms with Crippen molar-refractivity contribution in [3.05, 3.63) is 51.5 Å². The van der Waals surface area contributed by atoms with E-state index in [0.717, 1.165) is 16.8 Å². The molecule has 2 N–H and O–H groups in total. The zero-order valence-corrected chi connectivity index (χ0v) is 14.2. The number of amides is 1. The van der Waals surface area contributed by atoms with Crippen molar-refractivity contribution in [1.29, 1.82) is 0 Å². The Bertz CT molecular complexity index is 975. The number of hydrogen-bond donors (Lipinski definition) is 2. The SMILES string of the molecule is O=C(c1c(Cl)ccc(Cl)c1O)N1CCc2c(-c3nn[nH]n3)cccc21. The summed E-state index contributed by atoms with van der Waals surface area (Å²) in [6.07, 6.45) is 0.630. The first-order valence-electron chi connectivity index (χ1n) is 7.42. The number of nitrogens with zero attached hydrogens (tertiary/aromatic N) is 4. The second-order valence-corrected chi connectivity index (χ2v) is 6.31. The number of phenols is 1. The third-order valence-electron chi connectivity index (χ3n) is 4.15. The molecule has 3 aromatic rings.